The summed E-state index contributed by atoms with van der Waals surface area (Å²) in [5, 5.41) is 0. The molecular formula is C13H13NO4S2. The zero-order valence-corrected chi connectivity index (χ0v) is 12.3. The Labute approximate surface area is 118 Å². The van der Waals surface area contributed by atoms with Gasteiger partial charge in [0.15, 0.2) is 0 Å². The summed E-state index contributed by atoms with van der Waals surface area (Å²) in [6, 6.07) is 15.1. The fourth-order valence-electron chi connectivity index (χ4n) is 1.80. The standard InChI is InChI=1S/C13H13NO4S2/c1-19(15,16)14-20(17,18)13-10-6-5-9-12(13)11-7-3-2-4-8-11/h2-10,14H,1H3. The molecule has 0 saturated carbocycles. The van der Waals surface area contributed by atoms with Gasteiger partial charge in [0.1, 0.15) is 0 Å². The lowest BCUT2D eigenvalue weighted by Gasteiger charge is -2.10. The van der Waals surface area contributed by atoms with E-state index in [9.17, 15) is 16.8 Å². The number of hydrogen-bond acceptors (Lipinski definition) is 4. The summed E-state index contributed by atoms with van der Waals surface area (Å²) in [5.74, 6) is 0. The number of hydrogen-bond donors (Lipinski definition) is 1. The molecule has 0 aromatic heterocycles. The van der Waals surface area contributed by atoms with Crippen molar-refractivity contribution in [3.05, 3.63) is 54.6 Å². The monoisotopic (exact) mass is 311 g/mol. The van der Waals surface area contributed by atoms with E-state index in [1.165, 1.54) is 6.07 Å². The van der Waals surface area contributed by atoms with Crippen LogP contribution in [-0.2, 0) is 20.0 Å². The molecule has 2 rings (SSSR count). The second kappa shape index (κ2) is 5.35. The van der Waals surface area contributed by atoms with Gasteiger partial charge in [0.2, 0.25) is 10.0 Å². The van der Waals surface area contributed by atoms with Gasteiger partial charge in [-0.3, -0.25) is 0 Å². The zero-order valence-electron chi connectivity index (χ0n) is 10.6. The van der Waals surface area contributed by atoms with Gasteiger partial charge in [-0.15, -0.1) is 4.13 Å². The molecule has 20 heavy (non-hydrogen) atoms. The van der Waals surface area contributed by atoms with Gasteiger partial charge >= 0.3 is 0 Å². The fourth-order valence-corrected chi connectivity index (χ4v) is 4.49. The topological polar surface area (TPSA) is 80.3 Å². The van der Waals surface area contributed by atoms with Gasteiger partial charge in [-0.25, -0.2) is 16.8 Å². The van der Waals surface area contributed by atoms with Gasteiger partial charge in [-0.05, 0) is 11.6 Å². The summed E-state index contributed by atoms with van der Waals surface area (Å²) in [7, 11) is -8.00. The lowest BCUT2D eigenvalue weighted by atomic mass is 10.1. The minimum Gasteiger partial charge on any atom is -0.212 e. The first kappa shape index (κ1) is 14.7. The molecule has 0 bridgehead atoms. The van der Waals surface area contributed by atoms with E-state index < -0.39 is 20.0 Å². The van der Waals surface area contributed by atoms with E-state index in [4.69, 9.17) is 0 Å². The molecule has 0 atom stereocenters. The maximum Gasteiger partial charge on any atom is 0.254 e. The van der Waals surface area contributed by atoms with E-state index in [1.54, 1.807) is 46.6 Å². The van der Waals surface area contributed by atoms with E-state index in [-0.39, 0.29) is 4.90 Å². The van der Waals surface area contributed by atoms with Crippen LogP contribution in [0.15, 0.2) is 59.5 Å². The first-order chi connectivity index (χ1) is 9.30. The molecule has 2 aromatic carbocycles. The van der Waals surface area contributed by atoms with Gasteiger partial charge in [-0.1, -0.05) is 48.5 Å². The molecule has 0 radical (unpaired) electrons. The van der Waals surface area contributed by atoms with Crippen molar-refractivity contribution in [3.63, 3.8) is 0 Å². The van der Waals surface area contributed by atoms with Crippen LogP contribution in [0, 0.1) is 0 Å². The fraction of sp³-hybridized carbons (Fsp3) is 0.0769. The summed E-state index contributed by atoms with van der Waals surface area (Å²) < 4.78 is 48.3. The van der Waals surface area contributed by atoms with E-state index in [1.807, 2.05) is 6.07 Å². The van der Waals surface area contributed by atoms with Crippen molar-refractivity contribution in [3.8, 4) is 11.1 Å². The van der Waals surface area contributed by atoms with Crippen LogP contribution >= 0.6 is 0 Å². The maximum absolute atomic E-state index is 12.2. The molecule has 0 aliphatic rings. The second-order valence-electron chi connectivity index (χ2n) is 4.22. The predicted molar refractivity (Wildman–Crippen MR) is 77.0 cm³/mol. The molecule has 5 nitrogen and oxygen atoms in total. The first-order valence-corrected chi connectivity index (χ1v) is 9.05. The Balaban J connectivity index is 2.60. The van der Waals surface area contributed by atoms with Crippen molar-refractivity contribution in [2.24, 2.45) is 0 Å². The maximum atomic E-state index is 12.2. The minimum atomic E-state index is -4.13. The zero-order chi connectivity index (χ0) is 14.8. The van der Waals surface area contributed by atoms with Crippen molar-refractivity contribution in [2.45, 2.75) is 4.90 Å². The lowest BCUT2D eigenvalue weighted by molar-refractivity contribution is 0.580. The SMILES string of the molecule is CS(=O)(=O)NS(=O)(=O)c1ccccc1-c1ccccc1. The summed E-state index contributed by atoms with van der Waals surface area (Å²) in [5.41, 5.74) is 1.14. The minimum absolute atomic E-state index is 0.0726. The molecule has 1 N–H and O–H groups in total. The molecule has 0 saturated heterocycles. The lowest BCUT2D eigenvalue weighted by Crippen LogP contribution is -2.29. The third-order valence-electron chi connectivity index (χ3n) is 2.52. The Bertz CT molecular complexity index is 812. The largest absolute Gasteiger partial charge is 0.254 e. The Morgan fingerprint density at radius 1 is 0.800 bits per heavy atom. The van der Waals surface area contributed by atoms with Crippen LogP contribution in [0.1, 0.15) is 0 Å². The van der Waals surface area contributed by atoms with Gasteiger partial charge in [0.05, 0.1) is 11.2 Å². The molecule has 0 heterocycles. The van der Waals surface area contributed by atoms with Gasteiger partial charge in [-0.2, -0.15) is 0 Å². The average molecular weight is 311 g/mol. The quantitative estimate of drug-likeness (QED) is 0.930. The Morgan fingerprint density at radius 2 is 1.35 bits per heavy atom. The average Bonchev–Trinajstić information content (AvgIpc) is 2.37. The van der Waals surface area contributed by atoms with Crippen LogP contribution in [0.25, 0.3) is 11.1 Å². The molecule has 106 valence electrons. The normalized spacial score (nSPS) is 12.2. The summed E-state index contributed by atoms with van der Waals surface area (Å²) in [6.07, 6.45) is 0.801. The predicted octanol–water partition coefficient (Wildman–Crippen LogP) is 1.59. The van der Waals surface area contributed by atoms with Crippen LogP contribution in [0.2, 0.25) is 0 Å². The molecule has 0 amide bonds. The second-order valence-corrected chi connectivity index (χ2v) is 7.88. The van der Waals surface area contributed by atoms with Crippen LogP contribution in [0.5, 0.6) is 0 Å². The first-order valence-electron chi connectivity index (χ1n) is 5.68. The Morgan fingerprint density at radius 3 is 1.95 bits per heavy atom. The van der Waals surface area contributed by atoms with Gasteiger partial charge in [0.25, 0.3) is 10.0 Å². The highest BCUT2D eigenvalue weighted by Gasteiger charge is 2.22. The Kier molecular flexibility index (Phi) is 3.94. The third kappa shape index (κ3) is 3.44. The van der Waals surface area contributed by atoms with Gasteiger partial charge < -0.3 is 0 Å². The van der Waals surface area contributed by atoms with Crippen LogP contribution < -0.4 is 4.13 Å². The van der Waals surface area contributed by atoms with Crippen molar-refractivity contribution < 1.29 is 16.8 Å². The third-order valence-corrected chi connectivity index (χ3v) is 5.55. The van der Waals surface area contributed by atoms with Crippen molar-refractivity contribution in [1.29, 1.82) is 0 Å². The van der Waals surface area contributed by atoms with E-state index >= 15 is 0 Å². The van der Waals surface area contributed by atoms with E-state index in [0.29, 0.717) is 11.1 Å². The number of nitrogens with one attached hydrogen (secondary N) is 1. The van der Waals surface area contributed by atoms with Crippen molar-refractivity contribution in [2.75, 3.05) is 6.26 Å². The smallest absolute Gasteiger partial charge is 0.212 e. The summed E-state index contributed by atoms with van der Waals surface area (Å²) >= 11 is 0. The number of benzene rings is 2. The molecule has 0 spiro atoms. The molecule has 0 aliphatic carbocycles. The molecule has 0 fully saturated rings. The van der Waals surface area contributed by atoms with Crippen LogP contribution in [-0.4, -0.2) is 23.1 Å². The molecular weight excluding hydrogens is 298 g/mol. The Hall–Kier alpha value is -1.70. The molecule has 0 unspecified atom stereocenters. The van der Waals surface area contributed by atoms with E-state index in [0.717, 1.165) is 6.26 Å². The molecule has 0 aliphatic heterocycles. The van der Waals surface area contributed by atoms with E-state index in [2.05, 4.69) is 0 Å². The number of sulfonamides is 2. The molecule has 2 aromatic rings. The highest BCUT2D eigenvalue weighted by atomic mass is 32.3. The summed E-state index contributed by atoms with van der Waals surface area (Å²) in [4.78, 5) is -0.0726. The molecule has 7 heteroatoms. The van der Waals surface area contributed by atoms with Gasteiger partial charge in [0, 0.05) is 5.56 Å². The van der Waals surface area contributed by atoms with Crippen molar-refractivity contribution >= 4 is 20.0 Å². The summed E-state index contributed by atoms with van der Waals surface area (Å²) in [6.45, 7) is 0. The number of rotatable bonds is 4. The highest BCUT2D eigenvalue weighted by molar-refractivity contribution is 8.04. The highest BCUT2D eigenvalue weighted by Crippen LogP contribution is 2.26. The van der Waals surface area contributed by atoms with Crippen LogP contribution in [0.4, 0.5) is 0 Å². The van der Waals surface area contributed by atoms with Crippen molar-refractivity contribution in [1.82, 2.24) is 4.13 Å². The van der Waals surface area contributed by atoms with Crippen LogP contribution in [0.3, 0.4) is 0 Å².